The third-order valence-electron chi connectivity index (χ3n) is 0.993. The second-order valence-corrected chi connectivity index (χ2v) is 1.80. The first-order valence-electron chi connectivity index (χ1n) is 3.08. The second kappa shape index (κ2) is 3.00. The summed E-state index contributed by atoms with van der Waals surface area (Å²) in [4.78, 5) is 23.3. The molecule has 0 aromatic carbocycles. The van der Waals surface area contributed by atoms with Gasteiger partial charge < -0.3 is 5.32 Å². The molecule has 6 heteroatoms. The molecule has 0 aliphatic heterocycles. The molecule has 0 spiro atoms. The molecule has 0 bridgehead atoms. The molecule has 0 saturated carbocycles. The fraction of sp³-hybridized carbons (Fsp3) is 0.400. The van der Waals surface area contributed by atoms with E-state index in [0.29, 0.717) is 6.54 Å². The average molecular weight is 157 g/mol. The molecule has 1 heterocycles. The summed E-state index contributed by atoms with van der Waals surface area (Å²) < 4.78 is 4.11. The Morgan fingerprint density at radius 1 is 1.82 bits per heavy atom. The Bertz CT molecular complexity index is 300. The molecule has 1 aromatic rings. The number of carbonyl (C=O) groups excluding carboxylic acids is 1. The fourth-order valence-electron chi connectivity index (χ4n) is 0.572. The van der Waals surface area contributed by atoms with Crippen molar-refractivity contribution >= 4 is 5.91 Å². The van der Waals surface area contributed by atoms with E-state index < -0.39 is 11.7 Å². The lowest BCUT2D eigenvalue weighted by atomic mass is 10.5. The van der Waals surface area contributed by atoms with Crippen molar-refractivity contribution < 1.29 is 9.32 Å². The van der Waals surface area contributed by atoms with Gasteiger partial charge in [0.25, 0.3) is 5.91 Å². The van der Waals surface area contributed by atoms with Crippen LogP contribution in [0.2, 0.25) is 0 Å². The summed E-state index contributed by atoms with van der Waals surface area (Å²) in [6.45, 7) is 2.24. The standard InChI is InChI=1S/C5H7N3O3/c1-2-6-4(9)3-7-5(10)11-8-3/h2H2,1H3,(H,6,9)(H,7,8,10). The molecule has 0 saturated heterocycles. The number of amides is 1. The van der Waals surface area contributed by atoms with Crippen LogP contribution in [0.4, 0.5) is 0 Å². The molecule has 0 atom stereocenters. The lowest BCUT2D eigenvalue weighted by Crippen LogP contribution is -2.24. The zero-order valence-corrected chi connectivity index (χ0v) is 5.88. The van der Waals surface area contributed by atoms with Crippen LogP contribution >= 0.6 is 0 Å². The van der Waals surface area contributed by atoms with Gasteiger partial charge >= 0.3 is 5.76 Å². The Balaban J connectivity index is 2.76. The summed E-state index contributed by atoms with van der Waals surface area (Å²) >= 11 is 0. The van der Waals surface area contributed by atoms with E-state index in [1.165, 1.54) is 0 Å². The van der Waals surface area contributed by atoms with Gasteiger partial charge in [-0.25, -0.2) is 4.79 Å². The molecule has 1 amide bonds. The molecule has 1 aromatic heterocycles. The molecule has 6 nitrogen and oxygen atoms in total. The molecular weight excluding hydrogens is 150 g/mol. The normalized spacial score (nSPS) is 9.55. The number of carbonyl (C=O) groups is 1. The first-order chi connectivity index (χ1) is 5.24. The van der Waals surface area contributed by atoms with Crippen molar-refractivity contribution in [2.75, 3.05) is 6.54 Å². The molecular formula is C5H7N3O3. The Hall–Kier alpha value is -1.59. The van der Waals surface area contributed by atoms with Crippen molar-refractivity contribution in [1.29, 1.82) is 0 Å². The minimum absolute atomic E-state index is 0.100. The van der Waals surface area contributed by atoms with Gasteiger partial charge in [-0.05, 0) is 12.1 Å². The zero-order valence-electron chi connectivity index (χ0n) is 5.88. The number of aromatic amines is 1. The first kappa shape index (κ1) is 7.52. The highest BCUT2D eigenvalue weighted by Gasteiger charge is 2.08. The average Bonchev–Trinajstić information content (AvgIpc) is 2.36. The van der Waals surface area contributed by atoms with Gasteiger partial charge in [0.05, 0.1) is 0 Å². The summed E-state index contributed by atoms with van der Waals surface area (Å²) in [5, 5.41) is 5.62. The van der Waals surface area contributed by atoms with Crippen LogP contribution in [0.3, 0.4) is 0 Å². The lowest BCUT2D eigenvalue weighted by molar-refractivity contribution is 0.0942. The van der Waals surface area contributed by atoms with Crippen molar-refractivity contribution in [2.24, 2.45) is 0 Å². The molecule has 11 heavy (non-hydrogen) atoms. The minimum atomic E-state index is -0.730. The second-order valence-electron chi connectivity index (χ2n) is 1.80. The van der Waals surface area contributed by atoms with E-state index in [1.807, 2.05) is 0 Å². The van der Waals surface area contributed by atoms with Crippen LogP contribution in [0.25, 0.3) is 0 Å². The van der Waals surface area contributed by atoms with E-state index in [0.717, 1.165) is 0 Å². The maximum atomic E-state index is 10.9. The highest BCUT2D eigenvalue weighted by molar-refractivity contribution is 5.89. The quantitative estimate of drug-likeness (QED) is 0.583. The monoisotopic (exact) mass is 157 g/mol. The number of nitrogens with zero attached hydrogens (tertiary/aromatic N) is 1. The molecule has 60 valence electrons. The molecule has 0 radical (unpaired) electrons. The Labute approximate surface area is 61.6 Å². The predicted molar refractivity (Wildman–Crippen MR) is 35.1 cm³/mol. The smallest absolute Gasteiger partial charge is 0.350 e. The largest absolute Gasteiger partial charge is 0.439 e. The van der Waals surface area contributed by atoms with E-state index in [2.05, 4.69) is 20.0 Å². The summed E-state index contributed by atoms with van der Waals surface area (Å²) in [5.41, 5.74) is 0. The van der Waals surface area contributed by atoms with Crippen LogP contribution in [-0.2, 0) is 0 Å². The highest BCUT2D eigenvalue weighted by Crippen LogP contribution is 1.81. The number of rotatable bonds is 2. The third kappa shape index (κ3) is 1.66. The summed E-state index contributed by atoms with van der Waals surface area (Å²) in [7, 11) is 0. The summed E-state index contributed by atoms with van der Waals surface area (Å²) in [6, 6.07) is 0. The van der Waals surface area contributed by atoms with E-state index in [-0.39, 0.29) is 5.82 Å². The third-order valence-corrected chi connectivity index (χ3v) is 0.993. The summed E-state index contributed by atoms with van der Waals surface area (Å²) in [5.74, 6) is -1.28. The Morgan fingerprint density at radius 3 is 3.00 bits per heavy atom. The van der Waals surface area contributed by atoms with Crippen molar-refractivity contribution in [2.45, 2.75) is 6.92 Å². The van der Waals surface area contributed by atoms with Crippen LogP contribution in [0, 0.1) is 0 Å². The van der Waals surface area contributed by atoms with Crippen LogP contribution in [0.5, 0.6) is 0 Å². The van der Waals surface area contributed by atoms with Crippen molar-refractivity contribution in [1.82, 2.24) is 15.5 Å². The zero-order chi connectivity index (χ0) is 8.27. The van der Waals surface area contributed by atoms with Crippen molar-refractivity contribution in [3.05, 3.63) is 16.4 Å². The molecule has 0 aliphatic rings. The minimum Gasteiger partial charge on any atom is -0.350 e. The lowest BCUT2D eigenvalue weighted by Gasteiger charge is -1.93. The maximum absolute atomic E-state index is 10.9. The van der Waals surface area contributed by atoms with Crippen molar-refractivity contribution in [3.8, 4) is 0 Å². The van der Waals surface area contributed by atoms with E-state index in [1.54, 1.807) is 6.92 Å². The Kier molecular flexibility index (Phi) is 2.05. The maximum Gasteiger partial charge on any atom is 0.439 e. The highest BCUT2D eigenvalue weighted by atomic mass is 16.5. The predicted octanol–water partition coefficient (Wildman–Crippen LogP) is -0.887. The van der Waals surface area contributed by atoms with Gasteiger partial charge in [0.2, 0.25) is 5.82 Å². The summed E-state index contributed by atoms with van der Waals surface area (Å²) in [6.07, 6.45) is 0. The number of H-pyrrole nitrogens is 1. The SMILES string of the molecule is CCNC(=O)c1noc(=O)[nH]1. The van der Waals surface area contributed by atoms with Crippen LogP contribution in [0.1, 0.15) is 17.5 Å². The molecule has 2 N–H and O–H groups in total. The van der Waals surface area contributed by atoms with Gasteiger partial charge in [-0.3, -0.25) is 14.3 Å². The van der Waals surface area contributed by atoms with E-state index in [4.69, 9.17) is 0 Å². The van der Waals surface area contributed by atoms with Gasteiger partial charge in [0.15, 0.2) is 0 Å². The van der Waals surface area contributed by atoms with Gasteiger partial charge in [-0.1, -0.05) is 0 Å². The van der Waals surface area contributed by atoms with Crippen LogP contribution in [-0.4, -0.2) is 22.6 Å². The number of hydrogen-bond acceptors (Lipinski definition) is 4. The molecule has 0 unspecified atom stereocenters. The van der Waals surface area contributed by atoms with Crippen LogP contribution < -0.4 is 11.1 Å². The van der Waals surface area contributed by atoms with Gasteiger partial charge in [0, 0.05) is 6.54 Å². The van der Waals surface area contributed by atoms with E-state index in [9.17, 15) is 9.59 Å². The Morgan fingerprint density at radius 2 is 2.55 bits per heavy atom. The van der Waals surface area contributed by atoms with Crippen LogP contribution in [0.15, 0.2) is 9.32 Å². The number of nitrogens with one attached hydrogen (secondary N) is 2. The van der Waals surface area contributed by atoms with Gasteiger partial charge in [-0.2, -0.15) is 0 Å². The number of aromatic nitrogens is 2. The van der Waals surface area contributed by atoms with Gasteiger partial charge in [0.1, 0.15) is 0 Å². The molecule has 0 aliphatic carbocycles. The molecule has 0 fully saturated rings. The molecule has 1 rings (SSSR count). The van der Waals surface area contributed by atoms with Gasteiger partial charge in [-0.15, -0.1) is 0 Å². The number of hydrogen-bond donors (Lipinski definition) is 2. The fourth-order valence-corrected chi connectivity index (χ4v) is 0.572. The topological polar surface area (TPSA) is 88.0 Å². The van der Waals surface area contributed by atoms with Crippen molar-refractivity contribution in [3.63, 3.8) is 0 Å². The van der Waals surface area contributed by atoms with E-state index >= 15 is 0 Å². The first-order valence-corrected chi connectivity index (χ1v) is 3.08.